The summed E-state index contributed by atoms with van der Waals surface area (Å²) in [6, 6.07) is 0. The van der Waals surface area contributed by atoms with Crippen LogP contribution in [0.5, 0.6) is 0 Å². The summed E-state index contributed by atoms with van der Waals surface area (Å²) < 4.78 is 3.80. The Morgan fingerprint density at radius 1 is 1.33 bits per heavy atom. The number of thiazole rings is 1. The van der Waals surface area contributed by atoms with Gasteiger partial charge < -0.3 is 10.4 Å². The summed E-state index contributed by atoms with van der Waals surface area (Å²) in [7, 11) is 0. The number of nitrogens with zero attached hydrogens (tertiary/aromatic N) is 3. The molecule has 0 aromatic carbocycles. The first-order valence-electron chi connectivity index (χ1n) is 6.20. The van der Waals surface area contributed by atoms with Crippen molar-refractivity contribution in [2.75, 3.05) is 0 Å². The Bertz CT molecular complexity index is 678. The van der Waals surface area contributed by atoms with Crippen LogP contribution in [0.2, 0.25) is 0 Å². The van der Waals surface area contributed by atoms with Crippen molar-refractivity contribution in [3.63, 3.8) is 0 Å². The summed E-state index contributed by atoms with van der Waals surface area (Å²) in [5.74, 6) is -1.15. The van der Waals surface area contributed by atoms with Gasteiger partial charge in [0.1, 0.15) is 14.8 Å². The Balaban J connectivity index is 2.06. The minimum Gasteiger partial charge on any atom is -0.477 e. The van der Waals surface area contributed by atoms with Crippen LogP contribution in [-0.4, -0.2) is 31.6 Å². The number of aromatic carboxylic acids is 1. The standard InChI is InChI=1S/C12H14N4O3S2/c1-5(2)8-10(21-16-15-8)11(17)13-4-7-14-6(3)9(20-7)12(18)19/h5H,4H2,1-3H3,(H,13,17)(H,18,19). The molecule has 1 amide bonds. The number of amides is 1. The van der Waals surface area contributed by atoms with E-state index in [0.717, 1.165) is 22.9 Å². The smallest absolute Gasteiger partial charge is 0.347 e. The van der Waals surface area contributed by atoms with E-state index in [2.05, 4.69) is 19.9 Å². The highest BCUT2D eigenvalue weighted by Gasteiger charge is 2.19. The van der Waals surface area contributed by atoms with Crippen molar-refractivity contribution in [1.29, 1.82) is 0 Å². The predicted octanol–water partition coefficient (Wildman–Crippen LogP) is 2.05. The van der Waals surface area contributed by atoms with Crippen molar-refractivity contribution in [2.45, 2.75) is 33.2 Å². The minimum absolute atomic E-state index is 0.116. The summed E-state index contributed by atoms with van der Waals surface area (Å²) in [4.78, 5) is 27.9. The van der Waals surface area contributed by atoms with E-state index in [1.54, 1.807) is 6.92 Å². The highest BCUT2D eigenvalue weighted by atomic mass is 32.1. The van der Waals surface area contributed by atoms with Crippen molar-refractivity contribution in [3.8, 4) is 0 Å². The number of carbonyl (C=O) groups excluding carboxylic acids is 1. The first-order chi connectivity index (χ1) is 9.90. The molecule has 2 N–H and O–H groups in total. The largest absolute Gasteiger partial charge is 0.477 e. The molecule has 0 aliphatic rings. The maximum absolute atomic E-state index is 12.1. The van der Waals surface area contributed by atoms with E-state index in [1.807, 2.05) is 13.8 Å². The fourth-order valence-corrected chi connectivity index (χ4v) is 3.27. The third-order valence-corrected chi connectivity index (χ3v) is 4.59. The average molecular weight is 326 g/mol. The van der Waals surface area contributed by atoms with Gasteiger partial charge in [-0.15, -0.1) is 16.4 Å². The fraction of sp³-hybridized carbons (Fsp3) is 0.417. The predicted molar refractivity (Wildman–Crippen MR) is 79.0 cm³/mol. The number of hydrogen-bond donors (Lipinski definition) is 2. The van der Waals surface area contributed by atoms with E-state index >= 15 is 0 Å². The summed E-state index contributed by atoms with van der Waals surface area (Å²) in [6.07, 6.45) is 0. The maximum atomic E-state index is 12.1. The summed E-state index contributed by atoms with van der Waals surface area (Å²) in [5.41, 5.74) is 1.12. The monoisotopic (exact) mass is 326 g/mol. The number of aryl methyl sites for hydroxylation is 1. The normalized spacial score (nSPS) is 10.9. The van der Waals surface area contributed by atoms with Crippen LogP contribution >= 0.6 is 22.9 Å². The molecular weight excluding hydrogens is 312 g/mol. The lowest BCUT2D eigenvalue weighted by molar-refractivity contribution is 0.0701. The number of nitrogens with one attached hydrogen (secondary N) is 1. The van der Waals surface area contributed by atoms with E-state index in [4.69, 9.17) is 5.11 Å². The molecule has 0 unspecified atom stereocenters. The van der Waals surface area contributed by atoms with Crippen molar-refractivity contribution >= 4 is 34.7 Å². The van der Waals surface area contributed by atoms with Gasteiger partial charge in [0.05, 0.1) is 17.9 Å². The number of hydrogen-bond acceptors (Lipinski definition) is 7. The summed E-state index contributed by atoms with van der Waals surface area (Å²) >= 11 is 2.11. The van der Waals surface area contributed by atoms with Crippen LogP contribution in [0.1, 0.15) is 55.5 Å². The van der Waals surface area contributed by atoms with Gasteiger partial charge in [-0.1, -0.05) is 18.3 Å². The molecule has 2 aromatic rings. The van der Waals surface area contributed by atoms with Crippen molar-refractivity contribution < 1.29 is 14.7 Å². The van der Waals surface area contributed by atoms with Crippen molar-refractivity contribution in [1.82, 2.24) is 19.9 Å². The van der Waals surface area contributed by atoms with E-state index in [-0.39, 0.29) is 23.2 Å². The second-order valence-electron chi connectivity index (χ2n) is 4.65. The lowest BCUT2D eigenvalue weighted by atomic mass is 10.1. The van der Waals surface area contributed by atoms with Crippen LogP contribution in [0.15, 0.2) is 0 Å². The summed E-state index contributed by atoms with van der Waals surface area (Å²) in [6.45, 7) is 5.70. The number of rotatable bonds is 5. The third-order valence-electron chi connectivity index (χ3n) is 2.70. The fourth-order valence-electron chi connectivity index (χ4n) is 1.70. The number of carboxylic acid groups (broad SMARTS) is 1. The van der Waals surface area contributed by atoms with Gasteiger partial charge in [-0.05, 0) is 24.4 Å². The Kier molecular flexibility index (Phi) is 4.63. The van der Waals surface area contributed by atoms with Crippen LogP contribution in [0, 0.1) is 6.92 Å². The van der Waals surface area contributed by atoms with Crippen molar-refractivity contribution in [2.24, 2.45) is 0 Å². The third kappa shape index (κ3) is 3.42. The van der Waals surface area contributed by atoms with E-state index in [0.29, 0.717) is 21.3 Å². The molecule has 2 heterocycles. The van der Waals surface area contributed by atoms with E-state index in [1.165, 1.54) is 0 Å². The van der Waals surface area contributed by atoms with E-state index in [9.17, 15) is 9.59 Å². The van der Waals surface area contributed by atoms with Crippen LogP contribution < -0.4 is 5.32 Å². The molecular formula is C12H14N4O3S2. The van der Waals surface area contributed by atoms with Gasteiger partial charge >= 0.3 is 5.97 Å². The highest BCUT2D eigenvalue weighted by molar-refractivity contribution is 7.13. The maximum Gasteiger partial charge on any atom is 0.347 e. The second-order valence-corrected chi connectivity index (χ2v) is 6.49. The molecule has 0 aliphatic heterocycles. The van der Waals surface area contributed by atoms with Crippen LogP contribution in [-0.2, 0) is 6.54 Å². The molecule has 9 heteroatoms. The molecule has 0 radical (unpaired) electrons. The Labute approximate surface area is 129 Å². The quantitative estimate of drug-likeness (QED) is 0.871. The molecule has 0 fully saturated rings. The molecule has 0 spiro atoms. The van der Waals surface area contributed by atoms with Gasteiger partial charge in [0.25, 0.3) is 5.91 Å². The molecule has 0 saturated carbocycles. The molecule has 0 bridgehead atoms. The molecule has 0 atom stereocenters. The molecule has 112 valence electrons. The molecule has 2 rings (SSSR count). The van der Waals surface area contributed by atoms with Gasteiger partial charge in [-0.25, -0.2) is 9.78 Å². The van der Waals surface area contributed by atoms with Crippen LogP contribution in [0.3, 0.4) is 0 Å². The summed E-state index contributed by atoms with van der Waals surface area (Å²) in [5, 5.41) is 16.2. The number of carbonyl (C=O) groups is 2. The molecule has 7 nitrogen and oxygen atoms in total. The van der Waals surface area contributed by atoms with Gasteiger partial charge in [-0.2, -0.15) is 0 Å². The molecule has 21 heavy (non-hydrogen) atoms. The lowest BCUT2D eigenvalue weighted by Crippen LogP contribution is -2.23. The first kappa shape index (κ1) is 15.5. The SMILES string of the molecule is Cc1nc(CNC(=O)c2snnc2C(C)C)sc1C(=O)O. The first-order valence-corrected chi connectivity index (χ1v) is 7.79. The Morgan fingerprint density at radius 3 is 2.62 bits per heavy atom. The molecule has 0 aliphatic carbocycles. The topological polar surface area (TPSA) is 105 Å². The lowest BCUT2D eigenvalue weighted by Gasteiger charge is -2.04. The van der Waals surface area contributed by atoms with Gasteiger partial charge in [0.15, 0.2) is 0 Å². The van der Waals surface area contributed by atoms with Crippen molar-refractivity contribution in [3.05, 3.63) is 26.1 Å². The second kappa shape index (κ2) is 6.27. The number of carboxylic acids is 1. The Hall–Kier alpha value is -1.87. The highest BCUT2D eigenvalue weighted by Crippen LogP contribution is 2.20. The number of aromatic nitrogens is 3. The Morgan fingerprint density at radius 2 is 2.05 bits per heavy atom. The van der Waals surface area contributed by atoms with Gasteiger partial charge in [-0.3, -0.25) is 4.79 Å². The molecule has 2 aromatic heterocycles. The zero-order valence-electron chi connectivity index (χ0n) is 11.7. The molecule has 0 saturated heterocycles. The van der Waals surface area contributed by atoms with Crippen LogP contribution in [0.4, 0.5) is 0 Å². The minimum atomic E-state index is -1.00. The van der Waals surface area contributed by atoms with Crippen LogP contribution in [0.25, 0.3) is 0 Å². The zero-order chi connectivity index (χ0) is 15.6. The zero-order valence-corrected chi connectivity index (χ0v) is 13.3. The van der Waals surface area contributed by atoms with Gasteiger partial charge in [0, 0.05) is 0 Å². The van der Waals surface area contributed by atoms with Gasteiger partial charge in [0.2, 0.25) is 0 Å². The average Bonchev–Trinajstić information content (AvgIpc) is 3.02. The van der Waals surface area contributed by atoms with E-state index < -0.39 is 5.97 Å².